The highest BCUT2D eigenvalue weighted by Crippen LogP contribution is 2.27. The number of benzene rings is 1. The molecule has 3 aromatic rings. The molecule has 24 heavy (non-hydrogen) atoms. The van der Waals surface area contributed by atoms with E-state index in [4.69, 9.17) is 0 Å². The fraction of sp³-hybridized carbons (Fsp3) is 0.0588. The molecule has 4 rings (SSSR count). The van der Waals surface area contributed by atoms with Gasteiger partial charge < -0.3 is 5.11 Å². The summed E-state index contributed by atoms with van der Waals surface area (Å²) in [6, 6.07) is 12.7. The standard InChI is InChI=1S/C17H12N4O2S/c1-21-16(23)14(24-17(21)20-12-8-4-5-9-18-12)13-10-6-2-3-7-11(10)19-15(13)22/h2-9,23H,1H3/b20-17+. The minimum absolute atomic E-state index is 0.00932. The van der Waals surface area contributed by atoms with E-state index in [0.717, 1.165) is 5.22 Å². The van der Waals surface area contributed by atoms with Gasteiger partial charge in [0, 0.05) is 18.5 Å². The lowest BCUT2D eigenvalue weighted by Crippen LogP contribution is -2.22. The Balaban J connectivity index is 1.97. The predicted octanol–water partition coefficient (Wildman–Crippen LogP) is 0.778. The number of amides is 1. The Hall–Kier alpha value is -3.06. The highest BCUT2D eigenvalue weighted by atomic mass is 32.1. The van der Waals surface area contributed by atoms with Crippen LogP contribution >= 0.6 is 11.3 Å². The number of nitrogens with zero attached hydrogens (tertiary/aromatic N) is 4. The average Bonchev–Trinajstić information content (AvgIpc) is 3.06. The second-order valence-electron chi connectivity index (χ2n) is 5.21. The summed E-state index contributed by atoms with van der Waals surface area (Å²) in [6.45, 7) is 0. The van der Waals surface area contributed by atoms with Crippen LogP contribution in [-0.4, -0.2) is 20.6 Å². The molecule has 3 heterocycles. The minimum atomic E-state index is -0.349. The molecule has 0 atom stereocenters. The normalized spacial score (nSPS) is 14.0. The largest absolute Gasteiger partial charge is 0.493 e. The molecule has 0 aliphatic carbocycles. The number of fused-ring (bicyclic) bond motifs is 1. The predicted molar refractivity (Wildman–Crippen MR) is 89.2 cm³/mol. The Morgan fingerprint density at radius 1 is 1.17 bits per heavy atom. The van der Waals surface area contributed by atoms with E-state index in [1.165, 1.54) is 15.9 Å². The molecule has 0 bridgehead atoms. The molecule has 0 spiro atoms. The number of rotatable bonds is 2. The van der Waals surface area contributed by atoms with Crippen LogP contribution in [-0.2, 0) is 11.8 Å². The van der Waals surface area contributed by atoms with E-state index in [1.807, 2.05) is 30.3 Å². The van der Waals surface area contributed by atoms with Crippen molar-refractivity contribution >= 4 is 28.6 Å². The smallest absolute Gasteiger partial charge is 0.279 e. The van der Waals surface area contributed by atoms with E-state index < -0.39 is 0 Å². The molecule has 1 aliphatic heterocycles. The van der Waals surface area contributed by atoms with Gasteiger partial charge in [-0.2, -0.15) is 0 Å². The third-order valence-electron chi connectivity index (χ3n) is 3.70. The molecule has 2 aromatic heterocycles. The van der Waals surface area contributed by atoms with Gasteiger partial charge in [0.05, 0.1) is 10.9 Å². The summed E-state index contributed by atoms with van der Waals surface area (Å²) in [4.78, 5) is 25.9. The van der Waals surface area contributed by atoms with E-state index in [2.05, 4.69) is 15.0 Å². The highest BCUT2D eigenvalue weighted by Gasteiger charge is 2.24. The maximum atomic E-state index is 12.3. The SMILES string of the molecule is Cn1c(O)c(C2=c3ccccc3=NC2=O)s/c1=N/c1ccccn1. The van der Waals surface area contributed by atoms with Gasteiger partial charge in [0.25, 0.3) is 5.91 Å². The second kappa shape index (κ2) is 5.54. The minimum Gasteiger partial charge on any atom is -0.493 e. The molecule has 118 valence electrons. The number of para-hydroxylation sites is 1. The first kappa shape index (κ1) is 14.5. The van der Waals surface area contributed by atoms with Crippen LogP contribution in [0.25, 0.3) is 5.57 Å². The van der Waals surface area contributed by atoms with Crippen molar-refractivity contribution in [3.8, 4) is 5.88 Å². The number of hydrogen-bond acceptors (Lipinski definition) is 5. The van der Waals surface area contributed by atoms with E-state index in [0.29, 0.717) is 26.4 Å². The number of hydrogen-bond donors (Lipinski definition) is 1. The van der Waals surface area contributed by atoms with Crippen LogP contribution in [0.4, 0.5) is 5.82 Å². The number of carbonyl (C=O) groups excluding carboxylic acids is 1. The molecule has 1 amide bonds. The van der Waals surface area contributed by atoms with Gasteiger partial charge in [-0.15, -0.1) is 0 Å². The maximum Gasteiger partial charge on any atom is 0.279 e. The molecule has 6 nitrogen and oxygen atoms in total. The summed E-state index contributed by atoms with van der Waals surface area (Å²) >= 11 is 1.23. The van der Waals surface area contributed by atoms with E-state index in [9.17, 15) is 9.90 Å². The number of pyridine rings is 1. The summed E-state index contributed by atoms with van der Waals surface area (Å²) < 4.78 is 1.54. The van der Waals surface area contributed by atoms with Crippen LogP contribution in [0.5, 0.6) is 5.88 Å². The van der Waals surface area contributed by atoms with Crippen molar-refractivity contribution in [1.82, 2.24) is 9.55 Å². The molecule has 1 aliphatic rings. The van der Waals surface area contributed by atoms with Gasteiger partial charge in [0.1, 0.15) is 4.88 Å². The fourth-order valence-electron chi connectivity index (χ4n) is 2.51. The number of carbonyl (C=O) groups is 1. The molecular weight excluding hydrogens is 324 g/mol. The molecule has 0 radical (unpaired) electrons. The lowest BCUT2D eigenvalue weighted by Gasteiger charge is -1.98. The van der Waals surface area contributed by atoms with Crippen LogP contribution in [0.3, 0.4) is 0 Å². The summed E-state index contributed by atoms with van der Waals surface area (Å²) in [5, 5.41) is 11.8. The zero-order valence-electron chi connectivity index (χ0n) is 12.7. The Morgan fingerprint density at radius 2 is 1.96 bits per heavy atom. The van der Waals surface area contributed by atoms with E-state index >= 15 is 0 Å². The van der Waals surface area contributed by atoms with Crippen LogP contribution in [0.1, 0.15) is 4.88 Å². The van der Waals surface area contributed by atoms with Crippen LogP contribution in [0, 0.1) is 0 Å². The van der Waals surface area contributed by atoms with Crippen molar-refractivity contribution in [2.45, 2.75) is 0 Å². The van der Waals surface area contributed by atoms with Crippen molar-refractivity contribution in [2.75, 3.05) is 0 Å². The van der Waals surface area contributed by atoms with Crippen molar-refractivity contribution in [3.05, 3.63) is 68.9 Å². The molecular formula is C17H12N4O2S. The van der Waals surface area contributed by atoms with Crippen molar-refractivity contribution in [2.24, 2.45) is 17.0 Å². The quantitative estimate of drug-likeness (QED) is 0.751. The number of aromatic nitrogens is 2. The Kier molecular flexibility index (Phi) is 3.35. The first-order valence-corrected chi connectivity index (χ1v) is 8.04. The van der Waals surface area contributed by atoms with Crippen LogP contribution < -0.4 is 15.4 Å². The van der Waals surface area contributed by atoms with Gasteiger partial charge in [-0.25, -0.2) is 15.0 Å². The summed E-state index contributed by atoms with van der Waals surface area (Å²) in [6.07, 6.45) is 1.65. The molecule has 7 heteroatoms. The first-order chi connectivity index (χ1) is 11.6. The van der Waals surface area contributed by atoms with Crippen LogP contribution in [0.15, 0.2) is 58.6 Å². The Bertz CT molecular complexity index is 1140. The third-order valence-corrected chi connectivity index (χ3v) is 4.84. The molecule has 0 unspecified atom stereocenters. The van der Waals surface area contributed by atoms with Gasteiger partial charge in [-0.05, 0) is 18.2 Å². The first-order valence-electron chi connectivity index (χ1n) is 7.22. The second-order valence-corrected chi connectivity index (χ2v) is 6.18. The molecule has 0 fully saturated rings. The summed E-state index contributed by atoms with van der Waals surface area (Å²) in [5.41, 5.74) is 0.408. The van der Waals surface area contributed by atoms with Crippen molar-refractivity contribution in [1.29, 1.82) is 0 Å². The van der Waals surface area contributed by atoms with Gasteiger partial charge in [-0.1, -0.05) is 35.6 Å². The van der Waals surface area contributed by atoms with Gasteiger partial charge >= 0.3 is 0 Å². The zero-order valence-corrected chi connectivity index (χ0v) is 13.5. The van der Waals surface area contributed by atoms with Gasteiger partial charge in [0.2, 0.25) is 5.88 Å². The molecule has 0 saturated carbocycles. The van der Waals surface area contributed by atoms with E-state index in [1.54, 1.807) is 25.4 Å². The van der Waals surface area contributed by atoms with Gasteiger partial charge in [0.15, 0.2) is 10.6 Å². The lowest BCUT2D eigenvalue weighted by molar-refractivity contribution is -0.112. The van der Waals surface area contributed by atoms with Crippen molar-refractivity contribution in [3.63, 3.8) is 0 Å². The number of thiazole rings is 1. The summed E-state index contributed by atoms with van der Waals surface area (Å²) in [7, 11) is 1.69. The zero-order chi connectivity index (χ0) is 16.7. The monoisotopic (exact) mass is 336 g/mol. The Morgan fingerprint density at radius 3 is 2.75 bits per heavy atom. The molecule has 1 N–H and O–H groups in total. The fourth-order valence-corrected chi connectivity index (χ4v) is 3.58. The van der Waals surface area contributed by atoms with Gasteiger partial charge in [-0.3, -0.25) is 9.36 Å². The third kappa shape index (κ3) is 2.26. The highest BCUT2D eigenvalue weighted by molar-refractivity contribution is 7.11. The van der Waals surface area contributed by atoms with Crippen LogP contribution in [0.2, 0.25) is 0 Å². The topological polar surface area (TPSA) is 79.8 Å². The molecule has 0 saturated heterocycles. The van der Waals surface area contributed by atoms with Crippen molar-refractivity contribution < 1.29 is 9.90 Å². The molecule has 1 aromatic carbocycles. The lowest BCUT2D eigenvalue weighted by atomic mass is 10.1. The van der Waals surface area contributed by atoms with E-state index in [-0.39, 0.29) is 11.8 Å². The average molecular weight is 336 g/mol. The number of aromatic hydroxyl groups is 1. The summed E-state index contributed by atoms with van der Waals surface area (Å²) in [5.74, 6) is 0.177. The maximum absolute atomic E-state index is 12.3. The Labute approximate surface area is 140 Å².